The fourth-order valence-corrected chi connectivity index (χ4v) is 1.90. The first-order chi connectivity index (χ1) is 10.5. The molecule has 0 unspecified atom stereocenters. The number of rotatable bonds is 5. The van der Waals surface area contributed by atoms with E-state index < -0.39 is 17.5 Å². The minimum absolute atomic E-state index is 0.130. The molecule has 2 N–H and O–H groups in total. The maximum Gasteiger partial charge on any atom is 0.251 e. The van der Waals surface area contributed by atoms with Crippen LogP contribution in [0.5, 0.6) is 17.2 Å². The first kappa shape index (κ1) is 15.6. The van der Waals surface area contributed by atoms with Gasteiger partial charge in [-0.25, -0.2) is 4.39 Å². The van der Waals surface area contributed by atoms with Gasteiger partial charge in [0.25, 0.3) is 5.91 Å². The van der Waals surface area contributed by atoms with Gasteiger partial charge in [0.15, 0.2) is 11.6 Å². The van der Waals surface area contributed by atoms with Crippen molar-refractivity contribution in [1.82, 2.24) is 5.32 Å². The van der Waals surface area contributed by atoms with E-state index in [1.54, 1.807) is 18.2 Å². The van der Waals surface area contributed by atoms with Crippen LogP contribution in [0.4, 0.5) is 4.39 Å². The van der Waals surface area contributed by atoms with Crippen LogP contribution in [0, 0.1) is 5.82 Å². The summed E-state index contributed by atoms with van der Waals surface area (Å²) in [6.45, 7) is 0.231. The van der Waals surface area contributed by atoms with Crippen LogP contribution in [0.1, 0.15) is 15.9 Å². The third-order valence-corrected chi connectivity index (χ3v) is 3.07. The number of phenols is 1. The van der Waals surface area contributed by atoms with Gasteiger partial charge >= 0.3 is 0 Å². The maximum atomic E-state index is 13.2. The summed E-state index contributed by atoms with van der Waals surface area (Å²) in [6, 6.07) is 8.72. The van der Waals surface area contributed by atoms with Gasteiger partial charge in [-0.3, -0.25) is 4.79 Å². The second-order valence-electron chi connectivity index (χ2n) is 4.57. The van der Waals surface area contributed by atoms with E-state index in [9.17, 15) is 9.18 Å². The van der Waals surface area contributed by atoms with E-state index >= 15 is 0 Å². The summed E-state index contributed by atoms with van der Waals surface area (Å²) in [6.07, 6.45) is 0. The summed E-state index contributed by atoms with van der Waals surface area (Å²) in [5.41, 5.74) is 0.911. The highest BCUT2D eigenvalue weighted by Crippen LogP contribution is 2.22. The molecule has 0 saturated carbocycles. The third kappa shape index (κ3) is 3.66. The first-order valence-electron chi connectivity index (χ1n) is 6.52. The van der Waals surface area contributed by atoms with Crippen molar-refractivity contribution in [3.8, 4) is 17.2 Å². The summed E-state index contributed by atoms with van der Waals surface area (Å²) in [7, 11) is 3.08. The lowest BCUT2D eigenvalue weighted by molar-refractivity contribution is 0.0950. The van der Waals surface area contributed by atoms with Gasteiger partial charge in [-0.15, -0.1) is 0 Å². The molecule has 2 aromatic carbocycles. The molecule has 0 atom stereocenters. The van der Waals surface area contributed by atoms with Crippen LogP contribution >= 0.6 is 0 Å². The van der Waals surface area contributed by atoms with E-state index in [1.165, 1.54) is 20.3 Å². The van der Waals surface area contributed by atoms with Crippen molar-refractivity contribution in [2.75, 3.05) is 14.2 Å². The van der Waals surface area contributed by atoms with E-state index in [1.807, 2.05) is 0 Å². The average molecular weight is 305 g/mol. The van der Waals surface area contributed by atoms with Crippen molar-refractivity contribution < 1.29 is 23.8 Å². The van der Waals surface area contributed by atoms with Crippen molar-refractivity contribution in [2.45, 2.75) is 6.54 Å². The minimum atomic E-state index is -0.837. The van der Waals surface area contributed by atoms with Gasteiger partial charge in [-0.1, -0.05) is 0 Å². The molecule has 0 heterocycles. The molecule has 0 saturated heterocycles. The van der Waals surface area contributed by atoms with Gasteiger partial charge in [0, 0.05) is 18.2 Å². The maximum absolute atomic E-state index is 13.2. The summed E-state index contributed by atoms with van der Waals surface area (Å²) in [5.74, 6) is -0.552. The smallest absolute Gasteiger partial charge is 0.251 e. The predicted molar refractivity (Wildman–Crippen MR) is 78.8 cm³/mol. The number of phenolic OH excluding ortho intramolecular Hbond substituents is 1. The molecule has 22 heavy (non-hydrogen) atoms. The lowest BCUT2D eigenvalue weighted by Crippen LogP contribution is -2.22. The minimum Gasteiger partial charge on any atom is -0.505 e. The fraction of sp³-hybridized carbons (Fsp3) is 0.188. The number of methoxy groups -OCH3 is 2. The van der Waals surface area contributed by atoms with Gasteiger partial charge < -0.3 is 19.9 Å². The van der Waals surface area contributed by atoms with Gasteiger partial charge in [-0.05, 0) is 35.9 Å². The average Bonchev–Trinajstić information content (AvgIpc) is 2.54. The van der Waals surface area contributed by atoms with Gasteiger partial charge in [0.2, 0.25) is 0 Å². The monoisotopic (exact) mass is 305 g/mol. The Morgan fingerprint density at radius 1 is 1.14 bits per heavy atom. The highest BCUT2D eigenvalue weighted by Gasteiger charge is 2.10. The number of nitrogens with one attached hydrogen (secondary N) is 1. The molecule has 0 aliphatic heterocycles. The van der Waals surface area contributed by atoms with Crippen molar-refractivity contribution >= 4 is 5.91 Å². The molecular weight excluding hydrogens is 289 g/mol. The fourth-order valence-electron chi connectivity index (χ4n) is 1.90. The first-order valence-corrected chi connectivity index (χ1v) is 6.52. The van der Waals surface area contributed by atoms with Crippen molar-refractivity contribution in [1.29, 1.82) is 0 Å². The molecule has 1 amide bonds. The molecule has 2 rings (SSSR count). The zero-order valence-electron chi connectivity index (χ0n) is 12.2. The quantitative estimate of drug-likeness (QED) is 0.890. The summed E-state index contributed by atoms with van der Waals surface area (Å²) < 4.78 is 23.5. The van der Waals surface area contributed by atoms with Crippen LogP contribution in [0.25, 0.3) is 0 Å². The van der Waals surface area contributed by atoms with Crippen LogP contribution in [0.3, 0.4) is 0 Å². The number of carbonyl (C=O) groups excluding carboxylic acids is 1. The second kappa shape index (κ2) is 6.80. The molecule has 0 aliphatic rings. The Kier molecular flexibility index (Phi) is 4.83. The largest absolute Gasteiger partial charge is 0.505 e. The Labute approximate surface area is 127 Å². The number of amides is 1. The predicted octanol–water partition coefficient (Wildman–Crippen LogP) is 2.48. The molecule has 0 bridgehead atoms. The van der Waals surface area contributed by atoms with Crippen LogP contribution in [0.2, 0.25) is 0 Å². The molecule has 0 spiro atoms. The van der Waals surface area contributed by atoms with Crippen LogP contribution in [0.15, 0.2) is 36.4 Å². The number of aromatic hydroxyl groups is 1. The van der Waals surface area contributed by atoms with Crippen molar-refractivity contribution in [3.63, 3.8) is 0 Å². The standard InChI is InChI=1S/C16H16FNO4/c1-21-12-5-10(6-13(8-12)22-2)9-18-16(20)11-3-4-15(19)14(17)7-11/h3-8,19H,9H2,1-2H3,(H,18,20). The highest BCUT2D eigenvalue weighted by atomic mass is 19.1. The number of halogens is 1. The number of hydrogen-bond acceptors (Lipinski definition) is 4. The Bertz CT molecular complexity index is 666. The highest BCUT2D eigenvalue weighted by molar-refractivity contribution is 5.94. The molecule has 0 radical (unpaired) electrons. The number of benzene rings is 2. The molecule has 0 fully saturated rings. The number of carbonyl (C=O) groups is 1. The van der Waals surface area contributed by atoms with Gasteiger partial charge in [0.1, 0.15) is 11.5 Å². The van der Waals surface area contributed by atoms with Crippen LogP contribution in [-0.2, 0) is 6.54 Å². The Morgan fingerprint density at radius 2 is 1.77 bits per heavy atom. The second-order valence-corrected chi connectivity index (χ2v) is 4.57. The van der Waals surface area contributed by atoms with Gasteiger partial charge in [0.05, 0.1) is 14.2 Å². The van der Waals surface area contributed by atoms with E-state index in [0.717, 1.165) is 17.7 Å². The molecular formula is C16H16FNO4. The zero-order chi connectivity index (χ0) is 16.1. The van der Waals surface area contributed by atoms with E-state index in [-0.39, 0.29) is 12.1 Å². The van der Waals surface area contributed by atoms with Crippen LogP contribution < -0.4 is 14.8 Å². The SMILES string of the molecule is COc1cc(CNC(=O)c2ccc(O)c(F)c2)cc(OC)c1. The summed E-state index contributed by atoms with van der Waals surface area (Å²) in [4.78, 5) is 12.0. The molecule has 0 aliphatic carbocycles. The topological polar surface area (TPSA) is 67.8 Å². The zero-order valence-corrected chi connectivity index (χ0v) is 12.2. The van der Waals surface area contributed by atoms with Gasteiger partial charge in [-0.2, -0.15) is 0 Å². The lowest BCUT2D eigenvalue weighted by Gasteiger charge is -2.10. The molecule has 2 aromatic rings. The van der Waals surface area contributed by atoms with Crippen molar-refractivity contribution in [3.05, 3.63) is 53.3 Å². The lowest BCUT2D eigenvalue weighted by atomic mass is 10.1. The molecule has 0 aromatic heterocycles. The Balaban J connectivity index is 2.08. The molecule has 116 valence electrons. The number of hydrogen-bond donors (Lipinski definition) is 2. The molecule has 5 nitrogen and oxygen atoms in total. The van der Waals surface area contributed by atoms with Crippen molar-refractivity contribution in [2.24, 2.45) is 0 Å². The third-order valence-electron chi connectivity index (χ3n) is 3.07. The Hall–Kier alpha value is -2.76. The Morgan fingerprint density at radius 3 is 2.32 bits per heavy atom. The summed E-state index contributed by atoms with van der Waals surface area (Å²) in [5, 5.41) is 11.8. The van der Waals surface area contributed by atoms with Crippen LogP contribution in [-0.4, -0.2) is 25.2 Å². The number of ether oxygens (including phenoxy) is 2. The van der Waals surface area contributed by atoms with E-state index in [0.29, 0.717) is 11.5 Å². The van der Waals surface area contributed by atoms with E-state index in [4.69, 9.17) is 14.6 Å². The molecule has 6 heteroatoms. The summed E-state index contributed by atoms with van der Waals surface area (Å²) >= 11 is 0. The normalized spacial score (nSPS) is 10.1. The van der Waals surface area contributed by atoms with E-state index in [2.05, 4.69) is 5.32 Å².